The van der Waals surface area contributed by atoms with Crippen LogP contribution in [0.25, 0.3) is 10.2 Å². The van der Waals surface area contributed by atoms with Gasteiger partial charge in [0.25, 0.3) is 5.91 Å². The summed E-state index contributed by atoms with van der Waals surface area (Å²) < 4.78 is 8.12. The molecule has 0 unspecified atom stereocenters. The van der Waals surface area contributed by atoms with Crippen molar-refractivity contribution in [3.63, 3.8) is 0 Å². The van der Waals surface area contributed by atoms with Gasteiger partial charge in [-0.05, 0) is 30.0 Å². The first-order valence-corrected chi connectivity index (χ1v) is 8.44. The number of aromatic nitrogens is 2. The molecule has 4 rings (SSSR count). The van der Waals surface area contributed by atoms with Crippen LogP contribution in [-0.4, -0.2) is 15.6 Å². The number of fused-ring (bicyclic) bond motifs is 1. The van der Waals surface area contributed by atoms with Gasteiger partial charge in [0, 0.05) is 12.6 Å². The Morgan fingerprint density at radius 2 is 2.08 bits per heavy atom. The number of amides is 1. The fourth-order valence-corrected chi connectivity index (χ4v) is 3.53. The first kappa shape index (κ1) is 14.7. The number of hydrogen-bond acceptors (Lipinski definition) is 4. The quantitative estimate of drug-likeness (QED) is 0.604. The number of hydrogen-bond donors (Lipinski definition) is 1. The molecule has 6 heteroatoms. The van der Waals surface area contributed by atoms with Crippen molar-refractivity contribution in [1.29, 1.82) is 0 Å². The smallest absolute Gasteiger partial charge is 0.273 e. The summed E-state index contributed by atoms with van der Waals surface area (Å²) in [6, 6.07) is 15.8. The van der Waals surface area contributed by atoms with Crippen LogP contribution in [-0.2, 0) is 6.54 Å². The van der Waals surface area contributed by atoms with Gasteiger partial charge in [-0.15, -0.1) is 11.3 Å². The highest BCUT2D eigenvalue weighted by Gasteiger charge is 2.18. The molecular formula is C18H15N3O2S. The molecule has 0 aliphatic carbocycles. The number of benzene rings is 1. The van der Waals surface area contributed by atoms with E-state index in [0.29, 0.717) is 23.8 Å². The molecule has 24 heavy (non-hydrogen) atoms. The molecule has 1 N–H and O–H groups in total. The number of nitrogens with zero attached hydrogens (tertiary/aromatic N) is 2. The van der Waals surface area contributed by atoms with Crippen molar-refractivity contribution >= 4 is 33.3 Å². The second kappa shape index (κ2) is 5.98. The van der Waals surface area contributed by atoms with Crippen LogP contribution < -0.4 is 5.32 Å². The van der Waals surface area contributed by atoms with Crippen molar-refractivity contribution in [2.45, 2.75) is 13.5 Å². The van der Waals surface area contributed by atoms with Gasteiger partial charge in [0.2, 0.25) is 0 Å². The maximum absolute atomic E-state index is 12.7. The van der Waals surface area contributed by atoms with Gasteiger partial charge in [-0.1, -0.05) is 35.5 Å². The Kier molecular flexibility index (Phi) is 3.66. The van der Waals surface area contributed by atoms with Gasteiger partial charge in [0.1, 0.15) is 11.5 Å². The average Bonchev–Trinajstić information content (AvgIpc) is 3.26. The van der Waals surface area contributed by atoms with Gasteiger partial charge in [-0.25, -0.2) is 0 Å². The van der Waals surface area contributed by atoms with Crippen molar-refractivity contribution in [2.24, 2.45) is 0 Å². The molecule has 3 heterocycles. The second-order valence-electron chi connectivity index (χ2n) is 5.55. The van der Waals surface area contributed by atoms with Gasteiger partial charge in [0.05, 0.1) is 10.2 Å². The lowest BCUT2D eigenvalue weighted by Crippen LogP contribution is -2.17. The first-order chi connectivity index (χ1) is 11.7. The molecule has 5 nitrogen and oxygen atoms in total. The highest BCUT2D eigenvalue weighted by Crippen LogP contribution is 2.27. The van der Waals surface area contributed by atoms with Gasteiger partial charge in [-0.3, -0.25) is 4.79 Å². The number of nitrogens with one attached hydrogen (secondary N) is 1. The number of aryl methyl sites for hydroxylation is 1. The highest BCUT2D eigenvalue weighted by atomic mass is 32.1. The van der Waals surface area contributed by atoms with E-state index in [0.717, 1.165) is 15.8 Å². The molecule has 4 aromatic rings. The highest BCUT2D eigenvalue weighted by molar-refractivity contribution is 7.17. The zero-order valence-electron chi connectivity index (χ0n) is 13.0. The van der Waals surface area contributed by atoms with Crippen molar-refractivity contribution in [3.8, 4) is 0 Å². The Morgan fingerprint density at radius 1 is 1.25 bits per heavy atom. The average molecular weight is 337 g/mol. The third-order valence-corrected chi connectivity index (χ3v) is 4.66. The van der Waals surface area contributed by atoms with E-state index in [1.54, 1.807) is 24.3 Å². The lowest BCUT2D eigenvalue weighted by Gasteiger charge is -2.10. The van der Waals surface area contributed by atoms with Crippen LogP contribution in [0.2, 0.25) is 0 Å². The summed E-state index contributed by atoms with van der Waals surface area (Å²) in [5, 5.41) is 8.66. The molecule has 1 amide bonds. The predicted octanol–water partition coefficient (Wildman–Crippen LogP) is 4.30. The van der Waals surface area contributed by atoms with Crippen LogP contribution in [0, 0.1) is 6.92 Å². The van der Waals surface area contributed by atoms with Crippen molar-refractivity contribution < 1.29 is 9.32 Å². The van der Waals surface area contributed by atoms with E-state index in [9.17, 15) is 4.79 Å². The minimum atomic E-state index is -0.192. The number of carbonyl (C=O) groups is 1. The minimum Gasteiger partial charge on any atom is -0.360 e. The lowest BCUT2D eigenvalue weighted by molar-refractivity contribution is 0.101. The van der Waals surface area contributed by atoms with E-state index >= 15 is 0 Å². The molecule has 0 fully saturated rings. The SMILES string of the molecule is Cc1cc(NC(=O)c2cc3sccc3n2Cc2ccccc2)no1. The molecule has 0 atom stereocenters. The van der Waals surface area contributed by atoms with Crippen molar-refractivity contribution in [1.82, 2.24) is 9.72 Å². The van der Waals surface area contributed by atoms with Gasteiger partial charge < -0.3 is 14.4 Å². The topological polar surface area (TPSA) is 60.1 Å². The zero-order valence-corrected chi connectivity index (χ0v) is 13.8. The zero-order chi connectivity index (χ0) is 16.5. The van der Waals surface area contributed by atoms with Gasteiger partial charge in [0.15, 0.2) is 5.82 Å². The third kappa shape index (κ3) is 2.72. The summed E-state index contributed by atoms with van der Waals surface area (Å²) in [6.45, 7) is 2.43. The van der Waals surface area contributed by atoms with Crippen LogP contribution in [0.15, 0.2) is 58.4 Å². The Hall–Kier alpha value is -2.86. The van der Waals surface area contributed by atoms with Crippen LogP contribution in [0.4, 0.5) is 5.82 Å². The second-order valence-corrected chi connectivity index (χ2v) is 6.50. The minimum absolute atomic E-state index is 0.192. The van der Waals surface area contributed by atoms with Gasteiger partial charge >= 0.3 is 0 Å². The van der Waals surface area contributed by atoms with Crippen molar-refractivity contribution in [3.05, 3.63) is 70.9 Å². The molecular weight excluding hydrogens is 322 g/mol. The summed E-state index contributed by atoms with van der Waals surface area (Å²) in [6.07, 6.45) is 0. The van der Waals surface area contributed by atoms with E-state index in [-0.39, 0.29) is 5.91 Å². The molecule has 0 spiro atoms. The molecule has 3 aromatic heterocycles. The van der Waals surface area contributed by atoms with E-state index in [1.807, 2.05) is 40.3 Å². The van der Waals surface area contributed by atoms with E-state index in [2.05, 4.69) is 22.6 Å². The summed E-state index contributed by atoms with van der Waals surface area (Å²) in [4.78, 5) is 12.7. The predicted molar refractivity (Wildman–Crippen MR) is 94.6 cm³/mol. The molecule has 0 aliphatic heterocycles. The third-order valence-electron chi connectivity index (χ3n) is 3.81. The largest absolute Gasteiger partial charge is 0.360 e. The Bertz CT molecular complexity index is 998. The Balaban J connectivity index is 1.70. The summed E-state index contributed by atoms with van der Waals surface area (Å²) in [5.74, 6) is 0.891. The van der Waals surface area contributed by atoms with E-state index < -0.39 is 0 Å². The fraction of sp³-hybridized carbons (Fsp3) is 0.111. The van der Waals surface area contributed by atoms with E-state index in [1.165, 1.54) is 0 Å². The molecule has 0 saturated carbocycles. The van der Waals surface area contributed by atoms with E-state index in [4.69, 9.17) is 4.52 Å². The van der Waals surface area contributed by atoms with Gasteiger partial charge in [-0.2, -0.15) is 0 Å². The number of carbonyl (C=O) groups excluding carboxylic acids is 1. The molecule has 0 bridgehead atoms. The molecule has 0 aliphatic rings. The Morgan fingerprint density at radius 3 is 2.83 bits per heavy atom. The molecule has 0 radical (unpaired) electrons. The summed E-state index contributed by atoms with van der Waals surface area (Å²) >= 11 is 1.63. The standard InChI is InChI=1S/C18H15N3O2S/c1-12-9-17(20-23-12)19-18(22)15-10-16-14(7-8-24-16)21(15)11-13-5-3-2-4-6-13/h2-10H,11H2,1H3,(H,19,20,22). The summed E-state index contributed by atoms with van der Waals surface area (Å²) in [7, 11) is 0. The molecule has 120 valence electrons. The van der Waals surface area contributed by atoms with Crippen molar-refractivity contribution in [2.75, 3.05) is 5.32 Å². The van der Waals surface area contributed by atoms with Crippen LogP contribution in [0.1, 0.15) is 21.8 Å². The number of rotatable bonds is 4. The normalized spacial score (nSPS) is 11.0. The lowest BCUT2D eigenvalue weighted by atomic mass is 10.2. The summed E-state index contributed by atoms with van der Waals surface area (Å²) in [5.41, 5.74) is 2.82. The maximum atomic E-state index is 12.7. The number of anilines is 1. The number of thiophene rings is 1. The molecule has 0 saturated heterocycles. The molecule has 1 aromatic carbocycles. The van der Waals surface area contributed by atoms with Crippen LogP contribution in [0.3, 0.4) is 0 Å². The fourth-order valence-electron chi connectivity index (χ4n) is 2.71. The van der Waals surface area contributed by atoms with Crippen LogP contribution >= 0.6 is 11.3 Å². The maximum Gasteiger partial charge on any atom is 0.273 e. The first-order valence-electron chi connectivity index (χ1n) is 7.56. The monoisotopic (exact) mass is 337 g/mol. The Labute approximate surface area is 142 Å². The van der Waals surface area contributed by atoms with Crippen LogP contribution in [0.5, 0.6) is 0 Å².